The highest BCUT2D eigenvalue weighted by Gasteiger charge is 2.22. The Morgan fingerprint density at radius 2 is 2.29 bits per heavy atom. The first kappa shape index (κ1) is 10.6. The highest BCUT2D eigenvalue weighted by Crippen LogP contribution is 2.24. The summed E-state index contributed by atoms with van der Waals surface area (Å²) >= 11 is 0. The zero-order valence-electron chi connectivity index (χ0n) is 10.0. The second-order valence-corrected chi connectivity index (χ2v) is 4.54. The van der Waals surface area contributed by atoms with Crippen LogP contribution in [0.5, 0.6) is 0 Å². The Labute approximate surface area is 101 Å². The molecular formula is C13H17N3O. The monoisotopic (exact) mass is 231 g/mol. The molecule has 0 saturated carbocycles. The Hall–Kier alpha value is -1.55. The van der Waals surface area contributed by atoms with Crippen LogP contribution in [0.2, 0.25) is 0 Å². The molecule has 1 aromatic carbocycles. The van der Waals surface area contributed by atoms with Gasteiger partial charge >= 0.3 is 0 Å². The van der Waals surface area contributed by atoms with E-state index in [1.54, 1.807) is 0 Å². The summed E-state index contributed by atoms with van der Waals surface area (Å²) in [4.78, 5) is 6.76. The van der Waals surface area contributed by atoms with Gasteiger partial charge in [0.15, 0.2) is 5.58 Å². The smallest absolute Gasteiger partial charge is 0.298 e. The van der Waals surface area contributed by atoms with Crippen molar-refractivity contribution in [2.75, 3.05) is 25.0 Å². The highest BCUT2D eigenvalue weighted by molar-refractivity contribution is 5.74. The van der Waals surface area contributed by atoms with Crippen LogP contribution in [-0.4, -0.2) is 31.2 Å². The number of para-hydroxylation sites is 2. The molecule has 1 aliphatic heterocycles. The van der Waals surface area contributed by atoms with E-state index in [0.717, 1.165) is 30.2 Å². The van der Waals surface area contributed by atoms with E-state index in [0.29, 0.717) is 6.04 Å². The third-order valence-corrected chi connectivity index (χ3v) is 3.38. The fourth-order valence-electron chi connectivity index (χ4n) is 2.38. The van der Waals surface area contributed by atoms with Gasteiger partial charge in [0.2, 0.25) is 0 Å². The first-order chi connectivity index (χ1) is 8.36. The zero-order valence-corrected chi connectivity index (χ0v) is 10.0. The van der Waals surface area contributed by atoms with E-state index in [-0.39, 0.29) is 0 Å². The van der Waals surface area contributed by atoms with Gasteiger partial charge in [-0.05, 0) is 32.0 Å². The molecule has 1 aromatic heterocycles. The van der Waals surface area contributed by atoms with Crippen LogP contribution in [0.1, 0.15) is 12.8 Å². The standard InChI is InChI=1S/C13H17N3O/c1-14-10-5-4-8-16(9-10)13-15-11-6-2-3-7-12(11)17-13/h2-3,6-7,10,14H,4-5,8-9H2,1H3/t10-/m0/s1. The lowest BCUT2D eigenvalue weighted by molar-refractivity contribution is 0.426. The van der Waals surface area contributed by atoms with E-state index in [1.165, 1.54) is 12.8 Å². The number of fused-ring (bicyclic) bond motifs is 1. The normalized spacial score (nSPS) is 21.0. The van der Waals surface area contributed by atoms with Crippen LogP contribution in [0, 0.1) is 0 Å². The number of rotatable bonds is 2. The fourth-order valence-corrected chi connectivity index (χ4v) is 2.38. The van der Waals surface area contributed by atoms with E-state index >= 15 is 0 Å². The molecule has 0 spiro atoms. The van der Waals surface area contributed by atoms with Crippen molar-refractivity contribution in [1.82, 2.24) is 10.3 Å². The molecule has 1 N–H and O–H groups in total. The molecule has 0 bridgehead atoms. The molecule has 1 atom stereocenters. The second kappa shape index (κ2) is 4.37. The SMILES string of the molecule is CN[C@H]1CCCN(c2nc3ccccc3o2)C1. The number of nitrogens with one attached hydrogen (secondary N) is 1. The van der Waals surface area contributed by atoms with Crippen molar-refractivity contribution >= 4 is 17.1 Å². The topological polar surface area (TPSA) is 41.3 Å². The van der Waals surface area contributed by atoms with Crippen LogP contribution in [-0.2, 0) is 0 Å². The van der Waals surface area contributed by atoms with Crippen LogP contribution < -0.4 is 10.2 Å². The number of hydrogen-bond donors (Lipinski definition) is 1. The molecule has 1 saturated heterocycles. The maximum Gasteiger partial charge on any atom is 0.298 e. The second-order valence-electron chi connectivity index (χ2n) is 4.54. The van der Waals surface area contributed by atoms with Gasteiger partial charge in [-0.3, -0.25) is 0 Å². The molecule has 90 valence electrons. The number of anilines is 1. The molecule has 0 radical (unpaired) electrons. The van der Waals surface area contributed by atoms with Crippen molar-refractivity contribution in [1.29, 1.82) is 0 Å². The molecule has 4 nitrogen and oxygen atoms in total. The number of nitrogens with zero attached hydrogens (tertiary/aromatic N) is 2. The lowest BCUT2D eigenvalue weighted by atomic mass is 10.1. The lowest BCUT2D eigenvalue weighted by Gasteiger charge is -2.31. The van der Waals surface area contributed by atoms with Crippen LogP contribution in [0.4, 0.5) is 6.01 Å². The molecule has 0 amide bonds. The van der Waals surface area contributed by atoms with Crippen molar-refractivity contribution < 1.29 is 4.42 Å². The van der Waals surface area contributed by atoms with Gasteiger partial charge in [0.25, 0.3) is 6.01 Å². The number of likely N-dealkylation sites (N-methyl/N-ethyl adjacent to an activating group) is 1. The quantitative estimate of drug-likeness (QED) is 0.858. The fraction of sp³-hybridized carbons (Fsp3) is 0.462. The Morgan fingerprint density at radius 3 is 3.12 bits per heavy atom. The third kappa shape index (κ3) is 2.00. The molecule has 0 unspecified atom stereocenters. The lowest BCUT2D eigenvalue weighted by Crippen LogP contribution is -2.44. The minimum Gasteiger partial charge on any atom is -0.423 e. The maximum atomic E-state index is 5.79. The molecule has 4 heteroatoms. The summed E-state index contributed by atoms with van der Waals surface area (Å²) in [6, 6.07) is 9.21. The van der Waals surface area contributed by atoms with Gasteiger partial charge in [-0.2, -0.15) is 4.98 Å². The average molecular weight is 231 g/mol. The third-order valence-electron chi connectivity index (χ3n) is 3.38. The molecular weight excluding hydrogens is 214 g/mol. The largest absolute Gasteiger partial charge is 0.423 e. The van der Waals surface area contributed by atoms with Gasteiger partial charge < -0.3 is 14.6 Å². The molecule has 2 aromatic rings. The van der Waals surface area contributed by atoms with Gasteiger partial charge in [0.1, 0.15) is 5.52 Å². The first-order valence-electron chi connectivity index (χ1n) is 6.14. The van der Waals surface area contributed by atoms with Crippen molar-refractivity contribution in [3.05, 3.63) is 24.3 Å². The molecule has 2 heterocycles. The number of aromatic nitrogens is 1. The number of oxazole rings is 1. The van der Waals surface area contributed by atoms with E-state index in [9.17, 15) is 0 Å². The summed E-state index contributed by atoms with van der Waals surface area (Å²) in [5.41, 5.74) is 1.81. The summed E-state index contributed by atoms with van der Waals surface area (Å²) in [5.74, 6) is 0. The first-order valence-corrected chi connectivity index (χ1v) is 6.14. The highest BCUT2D eigenvalue weighted by atomic mass is 16.4. The van der Waals surface area contributed by atoms with Gasteiger partial charge in [-0.15, -0.1) is 0 Å². The van der Waals surface area contributed by atoms with E-state index in [4.69, 9.17) is 4.42 Å². The van der Waals surface area contributed by atoms with Crippen molar-refractivity contribution in [2.24, 2.45) is 0 Å². The molecule has 17 heavy (non-hydrogen) atoms. The minimum absolute atomic E-state index is 0.541. The number of benzene rings is 1. The summed E-state index contributed by atoms with van der Waals surface area (Å²) in [6.07, 6.45) is 2.41. The number of hydrogen-bond acceptors (Lipinski definition) is 4. The van der Waals surface area contributed by atoms with Crippen LogP contribution in [0.25, 0.3) is 11.1 Å². The Bertz CT molecular complexity index is 475. The number of piperidine rings is 1. The van der Waals surface area contributed by atoms with Gasteiger partial charge in [0.05, 0.1) is 0 Å². The summed E-state index contributed by atoms with van der Waals surface area (Å²) in [6.45, 7) is 2.01. The van der Waals surface area contributed by atoms with Crippen LogP contribution in [0.3, 0.4) is 0 Å². The van der Waals surface area contributed by atoms with Gasteiger partial charge in [-0.1, -0.05) is 12.1 Å². The van der Waals surface area contributed by atoms with Crippen LogP contribution in [0.15, 0.2) is 28.7 Å². The predicted molar refractivity (Wildman–Crippen MR) is 68.3 cm³/mol. The minimum atomic E-state index is 0.541. The van der Waals surface area contributed by atoms with E-state index < -0.39 is 0 Å². The maximum absolute atomic E-state index is 5.79. The Morgan fingerprint density at radius 1 is 1.41 bits per heavy atom. The summed E-state index contributed by atoms with van der Waals surface area (Å²) in [7, 11) is 2.01. The Balaban J connectivity index is 1.87. The van der Waals surface area contributed by atoms with Crippen molar-refractivity contribution in [2.45, 2.75) is 18.9 Å². The van der Waals surface area contributed by atoms with E-state index in [2.05, 4.69) is 15.2 Å². The van der Waals surface area contributed by atoms with Crippen LogP contribution >= 0.6 is 0 Å². The Kier molecular flexibility index (Phi) is 2.73. The molecule has 1 fully saturated rings. The van der Waals surface area contributed by atoms with Crippen molar-refractivity contribution in [3.63, 3.8) is 0 Å². The zero-order chi connectivity index (χ0) is 11.7. The molecule has 0 aliphatic carbocycles. The molecule has 3 rings (SSSR count). The van der Waals surface area contributed by atoms with Crippen molar-refractivity contribution in [3.8, 4) is 0 Å². The predicted octanol–water partition coefficient (Wildman–Crippen LogP) is 2.02. The van der Waals surface area contributed by atoms with Gasteiger partial charge in [-0.25, -0.2) is 0 Å². The van der Waals surface area contributed by atoms with E-state index in [1.807, 2.05) is 31.3 Å². The average Bonchev–Trinajstić information content (AvgIpc) is 2.82. The summed E-state index contributed by atoms with van der Waals surface area (Å²) in [5, 5.41) is 3.33. The molecule has 1 aliphatic rings. The van der Waals surface area contributed by atoms with Gasteiger partial charge in [0, 0.05) is 19.1 Å². The summed E-state index contributed by atoms with van der Waals surface area (Å²) < 4.78 is 5.79.